The maximum absolute atomic E-state index is 13.1. The first kappa shape index (κ1) is 23.8. The molecule has 31 heavy (non-hydrogen) atoms. The molecule has 0 spiro atoms. The third-order valence-corrected chi connectivity index (χ3v) is 6.54. The van der Waals surface area contributed by atoms with Crippen LogP contribution in [0.4, 0.5) is 0 Å². The van der Waals surface area contributed by atoms with E-state index >= 15 is 0 Å². The Morgan fingerprint density at radius 1 is 1.35 bits per heavy atom. The second kappa shape index (κ2) is 11.1. The van der Waals surface area contributed by atoms with Crippen molar-refractivity contribution in [2.75, 3.05) is 19.4 Å². The lowest BCUT2D eigenvalue weighted by atomic mass is 10.2. The SMILES string of the molecule is CC(C)OCCCn1c(SCC(=O)N(C)Cc2ccsc2)nc2cc(Cl)ccc2c1=O. The molecule has 0 bridgehead atoms. The summed E-state index contributed by atoms with van der Waals surface area (Å²) < 4.78 is 7.24. The van der Waals surface area contributed by atoms with Gasteiger partial charge < -0.3 is 9.64 Å². The number of benzene rings is 1. The molecule has 1 amide bonds. The highest BCUT2D eigenvalue weighted by molar-refractivity contribution is 7.99. The van der Waals surface area contributed by atoms with Crippen LogP contribution >= 0.6 is 34.7 Å². The van der Waals surface area contributed by atoms with Crippen LogP contribution in [0.15, 0.2) is 45.0 Å². The Morgan fingerprint density at radius 3 is 2.87 bits per heavy atom. The van der Waals surface area contributed by atoms with Crippen LogP contribution in [-0.2, 0) is 22.6 Å². The molecule has 3 rings (SSSR count). The van der Waals surface area contributed by atoms with E-state index < -0.39 is 0 Å². The van der Waals surface area contributed by atoms with Crippen LogP contribution in [0.5, 0.6) is 0 Å². The molecule has 0 aliphatic rings. The fourth-order valence-electron chi connectivity index (χ4n) is 3.00. The summed E-state index contributed by atoms with van der Waals surface area (Å²) in [4.78, 5) is 32.1. The molecule has 0 N–H and O–H groups in total. The average molecular weight is 480 g/mol. The number of nitrogens with zero attached hydrogens (tertiary/aromatic N) is 3. The van der Waals surface area contributed by atoms with Crippen molar-refractivity contribution in [2.24, 2.45) is 0 Å². The lowest BCUT2D eigenvalue weighted by Crippen LogP contribution is -2.29. The second-order valence-electron chi connectivity index (χ2n) is 7.46. The van der Waals surface area contributed by atoms with E-state index in [0.717, 1.165) is 5.56 Å². The zero-order chi connectivity index (χ0) is 22.4. The Balaban J connectivity index is 1.78. The molecule has 3 aromatic rings. The topological polar surface area (TPSA) is 64.4 Å². The summed E-state index contributed by atoms with van der Waals surface area (Å²) in [7, 11) is 1.78. The van der Waals surface area contributed by atoms with E-state index in [1.807, 2.05) is 30.7 Å². The number of hydrogen-bond acceptors (Lipinski definition) is 6. The standard InChI is InChI=1S/C22H26ClN3O3S2/c1-15(2)29-9-4-8-26-21(28)18-6-5-17(23)11-19(18)24-22(26)31-14-20(27)25(3)12-16-7-10-30-13-16/h5-7,10-11,13,15H,4,8-9,12,14H2,1-3H3. The van der Waals surface area contributed by atoms with Gasteiger partial charge in [-0.15, -0.1) is 0 Å². The van der Waals surface area contributed by atoms with E-state index in [9.17, 15) is 9.59 Å². The zero-order valence-corrected chi connectivity index (χ0v) is 20.2. The molecular formula is C22H26ClN3O3S2. The van der Waals surface area contributed by atoms with Gasteiger partial charge in [0.25, 0.3) is 5.56 Å². The number of halogens is 1. The van der Waals surface area contributed by atoms with Crippen molar-refractivity contribution in [3.8, 4) is 0 Å². The Morgan fingerprint density at radius 2 is 2.16 bits per heavy atom. The van der Waals surface area contributed by atoms with Crippen molar-refractivity contribution in [3.63, 3.8) is 0 Å². The van der Waals surface area contributed by atoms with Gasteiger partial charge in [-0.3, -0.25) is 14.2 Å². The number of carbonyl (C=O) groups excluding carboxylic acids is 1. The first-order valence-corrected chi connectivity index (χ1v) is 12.4. The predicted molar refractivity (Wildman–Crippen MR) is 128 cm³/mol. The summed E-state index contributed by atoms with van der Waals surface area (Å²) in [6.07, 6.45) is 0.817. The summed E-state index contributed by atoms with van der Waals surface area (Å²) >= 11 is 8.98. The van der Waals surface area contributed by atoms with E-state index in [1.54, 1.807) is 46.1 Å². The first-order valence-electron chi connectivity index (χ1n) is 10.0. The Kier molecular flexibility index (Phi) is 8.54. The Hall–Kier alpha value is -1.87. The number of thiophene rings is 1. The molecule has 0 aliphatic carbocycles. The van der Waals surface area contributed by atoms with Gasteiger partial charge in [0.2, 0.25) is 5.91 Å². The summed E-state index contributed by atoms with van der Waals surface area (Å²) in [6.45, 7) is 5.54. The van der Waals surface area contributed by atoms with Crippen molar-refractivity contribution in [1.82, 2.24) is 14.5 Å². The van der Waals surface area contributed by atoms with Crippen LogP contribution in [0.3, 0.4) is 0 Å². The Bertz CT molecular complexity index is 1080. The quantitative estimate of drug-likeness (QED) is 0.240. The summed E-state index contributed by atoms with van der Waals surface area (Å²) in [6, 6.07) is 7.07. The molecule has 1 aromatic carbocycles. The highest BCUT2D eigenvalue weighted by Crippen LogP contribution is 2.21. The van der Waals surface area contributed by atoms with E-state index in [-0.39, 0.29) is 23.3 Å². The Labute approximate surface area is 195 Å². The zero-order valence-electron chi connectivity index (χ0n) is 17.8. The molecule has 2 heterocycles. The van der Waals surface area contributed by atoms with E-state index in [1.165, 1.54) is 11.8 Å². The fourth-order valence-corrected chi connectivity index (χ4v) is 4.80. The minimum absolute atomic E-state index is 0.0219. The summed E-state index contributed by atoms with van der Waals surface area (Å²) in [5.41, 5.74) is 1.51. The lowest BCUT2D eigenvalue weighted by Gasteiger charge is -2.17. The van der Waals surface area contributed by atoms with E-state index in [4.69, 9.17) is 16.3 Å². The fraction of sp³-hybridized carbons (Fsp3) is 0.409. The third kappa shape index (κ3) is 6.55. The normalized spacial score (nSPS) is 11.4. The highest BCUT2D eigenvalue weighted by Gasteiger charge is 2.16. The molecule has 0 unspecified atom stereocenters. The number of fused-ring (bicyclic) bond motifs is 1. The van der Waals surface area contributed by atoms with Crippen molar-refractivity contribution < 1.29 is 9.53 Å². The van der Waals surface area contributed by atoms with Crippen LogP contribution in [0.25, 0.3) is 10.9 Å². The third-order valence-electron chi connectivity index (χ3n) is 4.61. The number of thioether (sulfide) groups is 1. The number of carbonyl (C=O) groups is 1. The van der Waals surface area contributed by atoms with Crippen molar-refractivity contribution >= 4 is 51.5 Å². The predicted octanol–water partition coefficient (Wildman–Crippen LogP) is 4.68. The van der Waals surface area contributed by atoms with Crippen LogP contribution in [0.2, 0.25) is 5.02 Å². The van der Waals surface area contributed by atoms with Gasteiger partial charge >= 0.3 is 0 Å². The minimum atomic E-state index is -0.132. The van der Waals surface area contributed by atoms with E-state index in [0.29, 0.717) is 47.2 Å². The largest absolute Gasteiger partial charge is 0.379 e. The second-order valence-corrected chi connectivity index (χ2v) is 9.61. The van der Waals surface area contributed by atoms with Gasteiger partial charge in [0, 0.05) is 31.8 Å². The van der Waals surface area contributed by atoms with Gasteiger partial charge in [-0.05, 0) is 60.9 Å². The molecule has 9 heteroatoms. The van der Waals surface area contributed by atoms with Crippen LogP contribution in [0.1, 0.15) is 25.8 Å². The van der Waals surface area contributed by atoms with Crippen molar-refractivity contribution in [2.45, 2.75) is 44.6 Å². The maximum atomic E-state index is 13.1. The smallest absolute Gasteiger partial charge is 0.262 e. The molecule has 6 nitrogen and oxygen atoms in total. The maximum Gasteiger partial charge on any atom is 0.262 e. The number of hydrogen-bond donors (Lipinski definition) is 0. The van der Waals surface area contributed by atoms with Gasteiger partial charge in [-0.2, -0.15) is 11.3 Å². The van der Waals surface area contributed by atoms with Gasteiger partial charge in [-0.1, -0.05) is 23.4 Å². The summed E-state index contributed by atoms with van der Waals surface area (Å²) in [5.74, 6) is 0.174. The average Bonchev–Trinajstić information content (AvgIpc) is 3.23. The molecule has 0 fully saturated rings. The number of aromatic nitrogens is 2. The van der Waals surface area contributed by atoms with Gasteiger partial charge in [-0.25, -0.2) is 4.98 Å². The molecule has 0 saturated carbocycles. The number of amides is 1. The van der Waals surface area contributed by atoms with Gasteiger partial charge in [0.1, 0.15) is 0 Å². The van der Waals surface area contributed by atoms with E-state index in [2.05, 4.69) is 4.98 Å². The molecular weight excluding hydrogens is 454 g/mol. The molecule has 2 aromatic heterocycles. The van der Waals surface area contributed by atoms with Gasteiger partial charge in [0.15, 0.2) is 5.16 Å². The van der Waals surface area contributed by atoms with Gasteiger partial charge in [0.05, 0.1) is 22.8 Å². The molecule has 0 aliphatic heterocycles. The van der Waals surface area contributed by atoms with Crippen LogP contribution in [-0.4, -0.2) is 45.9 Å². The number of ether oxygens (including phenoxy) is 1. The molecule has 0 radical (unpaired) electrons. The number of rotatable bonds is 10. The highest BCUT2D eigenvalue weighted by atomic mass is 35.5. The molecule has 166 valence electrons. The molecule has 0 atom stereocenters. The van der Waals surface area contributed by atoms with Crippen LogP contribution < -0.4 is 5.56 Å². The minimum Gasteiger partial charge on any atom is -0.379 e. The van der Waals surface area contributed by atoms with Crippen LogP contribution in [0, 0.1) is 0 Å². The lowest BCUT2D eigenvalue weighted by molar-refractivity contribution is -0.127. The first-order chi connectivity index (χ1) is 14.8. The van der Waals surface area contributed by atoms with Crippen molar-refractivity contribution in [1.29, 1.82) is 0 Å². The molecule has 0 saturated heterocycles. The van der Waals surface area contributed by atoms with Crippen molar-refractivity contribution in [3.05, 3.63) is 56.0 Å². The monoisotopic (exact) mass is 479 g/mol. The summed E-state index contributed by atoms with van der Waals surface area (Å²) in [5, 5.41) is 5.57.